The molecule has 1 fully saturated rings. The largest absolute Gasteiger partial charge is 0.494 e. The summed E-state index contributed by atoms with van der Waals surface area (Å²) in [6, 6.07) is 11.5. The normalized spacial score (nSPS) is 13.8. The maximum atomic E-state index is 12.3. The molecule has 1 saturated heterocycles. The van der Waals surface area contributed by atoms with E-state index in [2.05, 4.69) is 44.0 Å². The molecule has 2 aromatic heterocycles. The molecule has 1 aliphatic heterocycles. The molecule has 5 rings (SSSR count). The number of carbonyl (C=O) groups is 1. The molecule has 0 radical (unpaired) electrons. The fourth-order valence-corrected chi connectivity index (χ4v) is 4.63. The number of nitrogens with zero attached hydrogens (tertiary/aromatic N) is 5. The molecule has 0 aliphatic carbocycles. The Kier molecular flexibility index (Phi) is 7.39. The van der Waals surface area contributed by atoms with Crippen LogP contribution >= 0.6 is 11.6 Å². The number of carbonyl (C=O) groups excluding carboxylic acids is 1. The van der Waals surface area contributed by atoms with Crippen molar-refractivity contribution in [3.63, 3.8) is 0 Å². The van der Waals surface area contributed by atoms with Gasteiger partial charge in [-0.05, 0) is 25.3 Å². The zero-order chi connectivity index (χ0) is 26.6. The molecule has 3 heterocycles. The van der Waals surface area contributed by atoms with Gasteiger partial charge in [-0.15, -0.1) is 0 Å². The Morgan fingerprint density at radius 1 is 1.11 bits per heavy atom. The number of anilines is 4. The number of methoxy groups -OCH3 is 1. The lowest BCUT2D eigenvalue weighted by atomic mass is 10.0. The number of likely N-dealkylation sites (N-methyl/N-ethyl adjacent to an activating group) is 1. The van der Waals surface area contributed by atoms with E-state index in [0.717, 1.165) is 53.9 Å². The SMILES string of the molecule is C=CC(=O)Nc1cc(Nc2ncc3cccc(-c4cncc(Cl)c4)c3n2)c(OC)cc1N1CCN(C)CC1. The summed E-state index contributed by atoms with van der Waals surface area (Å²) in [5, 5.41) is 7.65. The highest BCUT2D eigenvalue weighted by Gasteiger charge is 2.21. The van der Waals surface area contributed by atoms with Crippen LogP contribution in [-0.4, -0.2) is 66.1 Å². The second kappa shape index (κ2) is 11.0. The lowest BCUT2D eigenvalue weighted by Gasteiger charge is -2.35. The molecule has 0 atom stereocenters. The highest BCUT2D eigenvalue weighted by atomic mass is 35.5. The number of rotatable bonds is 7. The summed E-state index contributed by atoms with van der Waals surface area (Å²) in [6.07, 6.45) is 6.37. The van der Waals surface area contributed by atoms with Crippen molar-refractivity contribution in [2.75, 3.05) is 55.9 Å². The van der Waals surface area contributed by atoms with Crippen molar-refractivity contribution in [2.24, 2.45) is 0 Å². The van der Waals surface area contributed by atoms with Crippen LogP contribution in [0.1, 0.15) is 0 Å². The molecule has 0 saturated carbocycles. The molecule has 194 valence electrons. The number of aromatic nitrogens is 3. The standard InChI is InChI=1S/C28H28ClN7O2/c1-4-26(37)32-22-13-23(25(38-3)14-24(22)36-10-8-35(2)9-11-36)33-28-31-16-18-6-5-7-21(27(18)34-28)19-12-20(29)17-30-15-19/h4-7,12-17H,1,8-11H2,2-3H3,(H,32,37)(H,31,33,34). The Balaban J connectivity index is 1.54. The molecule has 9 nitrogen and oxygen atoms in total. The lowest BCUT2D eigenvalue weighted by molar-refractivity contribution is -0.111. The molecule has 2 aromatic carbocycles. The number of hydrogen-bond acceptors (Lipinski definition) is 8. The van der Waals surface area contributed by atoms with E-state index in [9.17, 15) is 4.79 Å². The van der Waals surface area contributed by atoms with E-state index in [1.807, 2.05) is 36.4 Å². The summed E-state index contributed by atoms with van der Waals surface area (Å²) >= 11 is 6.19. The minimum Gasteiger partial charge on any atom is -0.494 e. The molecule has 0 unspecified atom stereocenters. The van der Waals surface area contributed by atoms with E-state index in [4.69, 9.17) is 21.3 Å². The highest BCUT2D eigenvalue weighted by molar-refractivity contribution is 6.30. The molecule has 2 N–H and O–H groups in total. The van der Waals surface area contributed by atoms with Crippen LogP contribution in [0.25, 0.3) is 22.0 Å². The second-order valence-corrected chi connectivity index (χ2v) is 9.44. The van der Waals surface area contributed by atoms with Crippen molar-refractivity contribution in [3.8, 4) is 16.9 Å². The van der Waals surface area contributed by atoms with Gasteiger partial charge in [0.05, 0.1) is 34.7 Å². The predicted octanol–water partition coefficient (Wildman–Crippen LogP) is 4.97. The van der Waals surface area contributed by atoms with Crippen molar-refractivity contribution < 1.29 is 9.53 Å². The lowest BCUT2D eigenvalue weighted by Crippen LogP contribution is -2.44. The van der Waals surface area contributed by atoms with Crippen LogP contribution < -0.4 is 20.3 Å². The Morgan fingerprint density at radius 3 is 2.66 bits per heavy atom. The number of benzene rings is 2. The van der Waals surface area contributed by atoms with Gasteiger partial charge in [0.1, 0.15) is 5.75 Å². The summed E-state index contributed by atoms with van der Waals surface area (Å²) in [7, 11) is 3.71. The third-order valence-electron chi connectivity index (χ3n) is 6.48. The zero-order valence-corrected chi connectivity index (χ0v) is 22.0. The van der Waals surface area contributed by atoms with Crippen molar-refractivity contribution in [1.82, 2.24) is 19.9 Å². The van der Waals surface area contributed by atoms with Crippen LogP contribution in [-0.2, 0) is 4.79 Å². The smallest absolute Gasteiger partial charge is 0.247 e. The number of halogens is 1. The van der Waals surface area contributed by atoms with Crippen molar-refractivity contribution in [2.45, 2.75) is 0 Å². The van der Waals surface area contributed by atoms with Gasteiger partial charge in [-0.25, -0.2) is 9.97 Å². The van der Waals surface area contributed by atoms with Crippen LogP contribution in [0.15, 0.2) is 67.6 Å². The van der Waals surface area contributed by atoms with Gasteiger partial charge in [-0.1, -0.05) is 36.4 Å². The third-order valence-corrected chi connectivity index (χ3v) is 6.68. The van der Waals surface area contributed by atoms with Gasteiger partial charge in [-0.3, -0.25) is 9.78 Å². The van der Waals surface area contributed by atoms with Crippen LogP contribution in [0.2, 0.25) is 5.02 Å². The molecule has 10 heteroatoms. The van der Waals surface area contributed by atoms with Crippen LogP contribution in [0.3, 0.4) is 0 Å². The summed E-state index contributed by atoms with van der Waals surface area (Å²) in [5.41, 5.74) is 4.64. The number of amides is 1. The van der Waals surface area contributed by atoms with E-state index in [0.29, 0.717) is 28.1 Å². The first-order chi connectivity index (χ1) is 18.4. The fourth-order valence-electron chi connectivity index (χ4n) is 4.46. The van der Waals surface area contributed by atoms with Gasteiger partial charge in [0.25, 0.3) is 0 Å². The monoisotopic (exact) mass is 529 g/mol. The first-order valence-electron chi connectivity index (χ1n) is 12.2. The van der Waals surface area contributed by atoms with Gasteiger partial charge in [0.2, 0.25) is 11.9 Å². The predicted molar refractivity (Wildman–Crippen MR) is 153 cm³/mol. The topological polar surface area (TPSA) is 95.5 Å². The molecule has 1 aliphatic rings. The Labute approximate surface area is 226 Å². The molecule has 1 amide bonds. The van der Waals surface area contributed by atoms with Crippen LogP contribution in [0.5, 0.6) is 5.75 Å². The zero-order valence-electron chi connectivity index (χ0n) is 21.2. The average molecular weight is 530 g/mol. The number of fused-ring (bicyclic) bond motifs is 1. The number of ether oxygens (including phenoxy) is 1. The number of piperazine rings is 1. The number of pyridine rings is 1. The molecular formula is C28H28ClN7O2. The molecule has 38 heavy (non-hydrogen) atoms. The number of hydrogen-bond donors (Lipinski definition) is 2. The minimum absolute atomic E-state index is 0.293. The molecule has 4 aromatic rings. The van der Waals surface area contributed by atoms with E-state index in [1.54, 1.807) is 25.7 Å². The van der Waals surface area contributed by atoms with E-state index < -0.39 is 0 Å². The summed E-state index contributed by atoms with van der Waals surface area (Å²) in [5.74, 6) is 0.691. The second-order valence-electron chi connectivity index (χ2n) is 9.01. The molecular weight excluding hydrogens is 502 g/mol. The van der Waals surface area contributed by atoms with Gasteiger partial charge in [0, 0.05) is 67.3 Å². The summed E-state index contributed by atoms with van der Waals surface area (Å²) < 4.78 is 5.74. The van der Waals surface area contributed by atoms with E-state index >= 15 is 0 Å². The Morgan fingerprint density at radius 2 is 1.92 bits per heavy atom. The van der Waals surface area contributed by atoms with Gasteiger partial charge in [0.15, 0.2) is 0 Å². The average Bonchev–Trinajstić information content (AvgIpc) is 2.93. The van der Waals surface area contributed by atoms with Crippen molar-refractivity contribution in [1.29, 1.82) is 0 Å². The quantitative estimate of drug-likeness (QED) is 0.324. The van der Waals surface area contributed by atoms with Gasteiger partial charge in [-0.2, -0.15) is 0 Å². The Bertz CT molecular complexity index is 1500. The summed E-state index contributed by atoms with van der Waals surface area (Å²) in [4.78, 5) is 30.3. The maximum absolute atomic E-state index is 12.3. The number of nitrogens with one attached hydrogen (secondary N) is 2. The van der Waals surface area contributed by atoms with Gasteiger partial charge >= 0.3 is 0 Å². The molecule has 0 spiro atoms. The first kappa shape index (κ1) is 25.4. The molecule has 0 bridgehead atoms. The fraction of sp³-hybridized carbons (Fsp3) is 0.214. The summed E-state index contributed by atoms with van der Waals surface area (Å²) in [6.45, 7) is 7.10. The van der Waals surface area contributed by atoms with E-state index in [-0.39, 0.29) is 5.91 Å². The van der Waals surface area contributed by atoms with Crippen molar-refractivity contribution >= 4 is 51.4 Å². The number of para-hydroxylation sites is 1. The van der Waals surface area contributed by atoms with Crippen LogP contribution in [0.4, 0.5) is 23.0 Å². The van der Waals surface area contributed by atoms with Crippen molar-refractivity contribution in [3.05, 3.63) is 72.7 Å². The Hall–Kier alpha value is -4.21. The minimum atomic E-state index is -0.293. The van der Waals surface area contributed by atoms with Gasteiger partial charge < -0.3 is 25.2 Å². The first-order valence-corrected chi connectivity index (χ1v) is 12.6. The van der Waals surface area contributed by atoms with Crippen LogP contribution in [0, 0.1) is 0 Å². The maximum Gasteiger partial charge on any atom is 0.247 e. The third kappa shape index (κ3) is 5.39. The van der Waals surface area contributed by atoms with E-state index in [1.165, 1.54) is 6.08 Å². The highest BCUT2D eigenvalue weighted by Crippen LogP contribution is 2.39.